The van der Waals surface area contributed by atoms with Gasteiger partial charge in [0.15, 0.2) is 0 Å². The highest BCUT2D eigenvalue weighted by Gasteiger charge is 2.32. The van der Waals surface area contributed by atoms with Crippen molar-refractivity contribution in [3.63, 3.8) is 0 Å². The van der Waals surface area contributed by atoms with Crippen LogP contribution < -0.4 is 0 Å². The Bertz CT molecular complexity index is 180. The van der Waals surface area contributed by atoms with Crippen LogP contribution in [-0.4, -0.2) is 28.3 Å². The Morgan fingerprint density at radius 3 is 1.77 bits per heavy atom. The van der Waals surface area contributed by atoms with Gasteiger partial charge in [-0.2, -0.15) is 0 Å². The second-order valence-electron chi connectivity index (χ2n) is 3.99. The summed E-state index contributed by atoms with van der Waals surface area (Å²) in [5.74, 6) is -0.294. The van der Waals surface area contributed by atoms with E-state index in [0.717, 1.165) is 0 Å². The van der Waals surface area contributed by atoms with E-state index in [1.54, 1.807) is 21.1 Å². The van der Waals surface area contributed by atoms with Gasteiger partial charge in [-0.1, -0.05) is 6.58 Å². The van der Waals surface area contributed by atoms with Crippen LogP contribution in [0.2, 0.25) is 19.6 Å². The molecule has 0 bridgehead atoms. The fraction of sp³-hybridized carbons (Fsp3) is 0.778. The summed E-state index contributed by atoms with van der Waals surface area (Å²) in [6.07, 6.45) is 0. The van der Waals surface area contributed by atoms with E-state index in [4.69, 9.17) is 13.9 Å². The molecule has 0 amide bonds. The molecule has 0 atom stereocenters. The van der Waals surface area contributed by atoms with Crippen molar-refractivity contribution in [2.24, 2.45) is 0 Å². The van der Waals surface area contributed by atoms with Crippen molar-refractivity contribution in [2.75, 3.05) is 14.2 Å². The SMILES string of the molecule is C=C(O[Si](C)(C)C)C(C)(OC)OC. The monoisotopic (exact) mass is 204 g/mol. The zero-order chi connectivity index (χ0) is 10.7. The third kappa shape index (κ3) is 3.93. The molecule has 0 radical (unpaired) electrons. The molecule has 3 nitrogen and oxygen atoms in total. The van der Waals surface area contributed by atoms with Gasteiger partial charge in [-0.25, -0.2) is 0 Å². The van der Waals surface area contributed by atoms with E-state index in [-0.39, 0.29) is 0 Å². The summed E-state index contributed by atoms with van der Waals surface area (Å²) in [6.45, 7) is 11.9. The van der Waals surface area contributed by atoms with E-state index in [9.17, 15) is 0 Å². The first-order valence-electron chi connectivity index (χ1n) is 4.24. The summed E-state index contributed by atoms with van der Waals surface area (Å²) in [4.78, 5) is 0. The normalized spacial score (nSPS) is 12.8. The van der Waals surface area contributed by atoms with Gasteiger partial charge in [0.2, 0.25) is 14.1 Å². The van der Waals surface area contributed by atoms with Gasteiger partial charge >= 0.3 is 0 Å². The van der Waals surface area contributed by atoms with Crippen LogP contribution in [0.5, 0.6) is 0 Å². The topological polar surface area (TPSA) is 27.7 Å². The standard InChI is InChI=1S/C9H20O3Si/c1-8(12-13(5,6)7)9(2,10-3)11-4/h1H2,2-7H3. The van der Waals surface area contributed by atoms with E-state index >= 15 is 0 Å². The average molecular weight is 204 g/mol. The first kappa shape index (κ1) is 12.7. The summed E-state index contributed by atoms with van der Waals surface area (Å²) in [5.41, 5.74) is 0. The van der Waals surface area contributed by atoms with Crippen LogP contribution in [0, 0.1) is 0 Å². The highest BCUT2D eigenvalue weighted by molar-refractivity contribution is 6.70. The first-order valence-corrected chi connectivity index (χ1v) is 7.64. The lowest BCUT2D eigenvalue weighted by Gasteiger charge is -2.32. The van der Waals surface area contributed by atoms with Crippen molar-refractivity contribution in [3.05, 3.63) is 12.3 Å². The summed E-state index contributed by atoms with van der Waals surface area (Å²) in [7, 11) is 1.52. The summed E-state index contributed by atoms with van der Waals surface area (Å²) >= 11 is 0. The van der Waals surface area contributed by atoms with Gasteiger partial charge in [0, 0.05) is 14.2 Å². The molecule has 0 saturated carbocycles. The molecular formula is C9H20O3Si. The van der Waals surface area contributed by atoms with E-state index < -0.39 is 14.1 Å². The van der Waals surface area contributed by atoms with Crippen LogP contribution in [0.15, 0.2) is 12.3 Å². The molecule has 0 aliphatic rings. The summed E-state index contributed by atoms with van der Waals surface area (Å²) in [6, 6.07) is 0. The van der Waals surface area contributed by atoms with Crippen LogP contribution >= 0.6 is 0 Å². The number of rotatable bonds is 5. The van der Waals surface area contributed by atoms with E-state index in [1.165, 1.54) is 0 Å². The molecule has 4 heteroatoms. The molecule has 0 aliphatic heterocycles. The molecule has 0 N–H and O–H groups in total. The molecule has 78 valence electrons. The van der Waals surface area contributed by atoms with Crippen LogP contribution in [0.25, 0.3) is 0 Å². The zero-order valence-corrected chi connectivity index (χ0v) is 10.4. The summed E-state index contributed by atoms with van der Waals surface area (Å²) in [5, 5.41) is 0. The van der Waals surface area contributed by atoms with Crippen LogP contribution in [0.4, 0.5) is 0 Å². The zero-order valence-electron chi connectivity index (χ0n) is 9.43. The van der Waals surface area contributed by atoms with Gasteiger partial charge in [-0.3, -0.25) is 0 Å². The Labute approximate surface area is 81.8 Å². The van der Waals surface area contributed by atoms with Gasteiger partial charge < -0.3 is 13.9 Å². The van der Waals surface area contributed by atoms with Crippen molar-refractivity contribution < 1.29 is 13.9 Å². The van der Waals surface area contributed by atoms with Crippen LogP contribution in [0.3, 0.4) is 0 Å². The maximum atomic E-state index is 5.68. The average Bonchev–Trinajstić information content (AvgIpc) is 2.00. The van der Waals surface area contributed by atoms with Crippen molar-refractivity contribution >= 4 is 8.32 Å². The van der Waals surface area contributed by atoms with Gasteiger partial charge in [0.25, 0.3) is 0 Å². The van der Waals surface area contributed by atoms with Gasteiger partial charge in [-0.15, -0.1) is 0 Å². The summed E-state index contributed by atoms with van der Waals surface area (Å²) < 4.78 is 16.0. The first-order chi connectivity index (χ1) is 5.75. The Morgan fingerprint density at radius 2 is 1.54 bits per heavy atom. The molecule has 0 aromatic carbocycles. The number of methoxy groups -OCH3 is 2. The van der Waals surface area contributed by atoms with E-state index in [2.05, 4.69) is 26.2 Å². The predicted octanol–water partition coefficient (Wildman–Crippen LogP) is 2.36. The second kappa shape index (κ2) is 4.26. The molecule has 0 heterocycles. The third-order valence-electron chi connectivity index (χ3n) is 1.71. The minimum atomic E-state index is -1.62. The largest absolute Gasteiger partial charge is 0.544 e. The maximum absolute atomic E-state index is 5.68. The number of hydrogen-bond donors (Lipinski definition) is 0. The fourth-order valence-electron chi connectivity index (χ4n) is 0.773. The van der Waals surface area contributed by atoms with Crippen LogP contribution in [0.1, 0.15) is 6.92 Å². The molecule has 0 aliphatic carbocycles. The highest BCUT2D eigenvalue weighted by Crippen LogP contribution is 2.24. The van der Waals surface area contributed by atoms with Gasteiger partial charge in [0.05, 0.1) is 0 Å². The van der Waals surface area contributed by atoms with Crippen molar-refractivity contribution in [1.82, 2.24) is 0 Å². The molecule has 0 aromatic heterocycles. The minimum Gasteiger partial charge on any atom is -0.544 e. The van der Waals surface area contributed by atoms with Crippen molar-refractivity contribution in [2.45, 2.75) is 32.4 Å². The van der Waals surface area contributed by atoms with E-state index in [1.807, 2.05) is 0 Å². The van der Waals surface area contributed by atoms with Crippen molar-refractivity contribution in [1.29, 1.82) is 0 Å². The Kier molecular flexibility index (Phi) is 4.15. The van der Waals surface area contributed by atoms with Crippen LogP contribution in [-0.2, 0) is 13.9 Å². The van der Waals surface area contributed by atoms with Gasteiger partial charge in [0.1, 0.15) is 5.76 Å². The van der Waals surface area contributed by atoms with Gasteiger partial charge in [-0.05, 0) is 26.6 Å². The quantitative estimate of drug-likeness (QED) is 0.391. The molecule has 0 aromatic rings. The van der Waals surface area contributed by atoms with E-state index in [0.29, 0.717) is 5.76 Å². The Morgan fingerprint density at radius 1 is 1.15 bits per heavy atom. The third-order valence-corrected chi connectivity index (χ3v) is 2.57. The second-order valence-corrected chi connectivity index (χ2v) is 8.42. The molecule has 0 saturated heterocycles. The predicted molar refractivity (Wildman–Crippen MR) is 56.0 cm³/mol. The molecule has 0 spiro atoms. The lowest BCUT2D eigenvalue weighted by atomic mass is 10.3. The minimum absolute atomic E-state index is 0.539. The maximum Gasteiger partial charge on any atom is 0.242 e. The molecule has 13 heavy (non-hydrogen) atoms. The fourth-order valence-corrected chi connectivity index (χ4v) is 1.70. The molecule has 0 unspecified atom stereocenters. The molecule has 0 rings (SSSR count). The van der Waals surface area contributed by atoms with Crippen molar-refractivity contribution in [3.8, 4) is 0 Å². The Balaban J connectivity index is 4.41. The highest BCUT2D eigenvalue weighted by atomic mass is 28.4. The number of ether oxygens (including phenoxy) is 2. The lowest BCUT2D eigenvalue weighted by molar-refractivity contribution is -0.181. The Hall–Kier alpha value is -0.323. The molecule has 0 fully saturated rings. The molecular weight excluding hydrogens is 184 g/mol. The smallest absolute Gasteiger partial charge is 0.242 e. The number of hydrogen-bond acceptors (Lipinski definition) is 3. The lowest BCUT2D eigenvalue weighted by Crippen LogP contribution is -2.38.